The van der Waals surface area contributed by atoms with Gasteiger partial charge in [0.05, 0.1) is 12.6 Å². The van der Waals surface area contributed by atoms with E-state index in [4.69, 9.17) is 10.8 Å². The molecule has 0 bridgehead atoms. The number of amides is 1. The van der Waals surface area contributed by atoms with Crippen molar-refractivity contribution in [1.29, 1.82) is 0 Å². The van der Waals surface area contributed by atoms with Gasteiger partial charge in [0.25, 0.3) is 0 Å². The van der Waals surface area contributed by atoms with E-state index < -0.39 is 0 Å². The van der Waals surface area contributed by atoms with Crippen LogP contribution < -0.4 is 11.1 Å². The molecule has 0 unspecified atom stereocenters. The summed E-state index contributed by atoms with van der Waals surface area (Å²) in [6, 6.07) is -0.154. The van der Waals surface area contributed by atoms with Gasteiger partial charge in [0.1, 0.15) is 0 Å². The van der Waals surface area contributed by atoms with Crippen molar-refractivity contribution in [2.24, 2.45) is 11.7 Å². The number of hydrogen-bond acceptors (Lipinski definition) is 3. The quantitative estimate of drug-likeness (QED) is 0.610. The molecule has 0 radical (unpaired) electrons. The molecule has 1 amide bonds. The van der Waals surface area contributed by atoms with E-state index in [1.807, 2.05) is 27.7 Å². The van der Waals surface area contributed by atoms with Crippen molar-refractivity contribution in [2.45, 2.75) is 52.1 Å². The van der Waals surface area contributed by atoms with Gasteiger partial charge in [-0.15, -0.1) is 0 Å². The summed E-state index contributed by atoms with van der Waals surface area (Å²) in [7, 11) is 0. The van der Waals surface area contributed by atoms with Crippen molar-refractivity contribution in [3.05, 3.63) is 0 Å². The maximum Gasteiger partial charge on any atom is 0.220 e. The molecule has 4 N–H and O–H groups in total. The highest BCUT2D eigenvalue weighted by Crippen LogP contribution is 2.07. The molecule has 0 aliphatic carbocycles. The van der Waals surface area contributed by atoms with Gasteiger partial charge in [0.15, 0.2) is 0 Å². The molecule has 1 atom stereocenters. The Bertz CT molecular complexity index is 197. The third-order valence-corrected chi connectivity index (χ3v) is 2.34. The summed E-state index contributed by atoms with van der Waals surface area (Å²) in [5.74, 6) is 0.200. The molecule has 0 aliphatic heterocycles. The van der Waals surface area contributed by atoms with Crippen LogP contribution in [0.3, 0.4) is 0 Å². The van der Waals surface area contributed by atoms with Gasteiger partial charge in [-0.25, -0.2) is 0 Å². The van der Waals surface area contributed by atoms with Gasteiger partial charge in [-0.05, 0) is 26.2 Å². The van der Waals surface area contributed by atoms with Crippen LogP contribution in [0.4, 0.5) is 0 Å². The lowest BCUT2D eigenvalue weighted by molar-refractivity contribution is -0.122. The maximum atomic E-state index is 11.5. The zero-order valence-corrected chi connectivity index (χ0v) is 10.2. The fourth-order valence-corrected chi connectivity index (χ4v) is 1.14. The highest BCUT2D eigenvalue weighted by atomic mass is 16.3. The Hall–Kier alpha value is -0.610. The van der Waals surface area contributed by atoms with Crippen molar-refractivity contribution in [2.75, 3.05) is 6.61 Å². The smallest absolute Gasteiger partial charge is 0.220 e. The van der Waals surface area contributed by atoms with E-state index in [0.29, 0.717) is 12.8 Å². The molecule has 4 heteroatoms. The highest BCUT2D eigenvalue weighted by Gasteiger charge is 2.17. The maximum absolute atomic E-state index is 11.5. The number of hydrogen-bond donors (Lipinski definition) is 3. The van der Waals surface area contributed by atoms with Gasteiger partial charge in [-0.1, -0.05) is 13.8 Å². The summed E-state index contributed by atoms with van der Waals surface area (Å²) in [5.41, 5.74) is 5.46. The first kappa shape index (κ1) is 14.4. The average molecular weight is 216 g/mol. The fourth-order valence-electron chi connectivity index (χ4n) is 1.14. The number of rotatable bonds is 6. The van der Waals surface area contributed by atoms with Crippen molar-refractivity contribution in [3.8, 4) is 0 Å². The molecule has 0 fully saturated rings. The van der Waals surface area contributed by atoms with E-state index in [-0.39, 0.29) is 30.0 Å². The average Bonchev–Trinajstić information content (AvgIpc) is 2.09. The molecule has 4 nitrogen and oxygen atoms in total. The monoisotopic (exact) mass is 216 g/mol. The molecule has 0 saturated carbocycles. The van der Waals surface area contributed by atoms with Crippen LogP contribution in [0, 0.1) is 5.92 Å². The molecule has 0 spiro atoms. The van der Waals surface area contributed by atoms with Gasteiger partial charge in [0.2, 0.25) is 5.91 Å². The van der Waals surface area contributed by atoms with Gasteiger partial charge < -0.3 is 16.2 Å². The lowest BCUT2D eigenvalue weighted by Crippen LogP contribution is -2.42. The topological polar surface area (TPSA) is 75.3 Å². The molecule has 0 aromatic carbocycles. The zero-order chi connectivity index (χ0) is 12.1. The summed E-state index contributed by atoms with van der Waals surface area (Å²) in [6.45, 7) is 7.70. The molecule has 0 aliphatic rings. The van der Waals surface area contributed by atoms with Gasteiger partial charge in [-0.3, -0.25) is 4.79 Å². The summed E-state index contributed by atoms with van der Waals surface area (Å²) in [5, 5.41) is 11.8. The van der Waals surface area contributed by atoms with Crippen LogP contribution in [0.25, 0.3) is 0 Å². The molecule has 15 heavy (non-hydrogen) atoms. The predicted molar refractivity (Wildman–Crippen MR) is 61.4 cm³/mol. The Morgan fingerprint density at radius 2 is 2.00 bits per heavy atom. The molecule has 0 aromatic heterocycles. The van der Waals surface area contributed by atoms with E-state index in [2.05, 4.69) is 5.32 Å². The van der Waals surface area contributed by atoms with E-state index in [1.54, 1.807) is 0 Å². The molecule has 0 rings (SSSR count). The molecule has 90 valence electrons. The molecular formula is C11H24N2O2. The molecule has 0 saturated heterocycles. The van der Waals surface area contributed by atoms with Crippen molar-refractivity contribution >= 4 is 5.91 Å². The first-order valence-electron chi connectivity index (χ1n) is 5.45. The second-order valence-electron chi connectivity index (χ2n) is 5.09. The van der Waals surface area contributed by atoms with E-state index >= 15 is 0 Å². The number of aliphatic hydroxyl groups excluding tert-OH is 1. The minimum absolute atomic E-state index is 0.0184. The second-order valence-corrected chi connectivity index (χ2v) is 5.09. The molecular weight excluding hydrogens is 192 g/mol. The number of nitrogens with one attached hydrogen (secondary N) is 1. The number of carbonyl (C=O) groups is 1. The second kappa shape index (κ2) is 6.08. The zero-order valence-electron chi connectivity index (χ0n) is 10.2. The Labute approximate surface area is 92.2 Å². The van der Waals surface area contributed by atoms with Crippen LogP contribution in [-0.2, 0) is 4.79 Å². The number of carbonyl (C=O) groups excluding carboxylic acids is 1. The lowest BCUT2D eigenvalue weighted by Gasteiger charge is -2.22. The lowest BCUT2D eigenvalue weighted by atomic mass is 9.99. The predicted octanol–water partition coefficient (Wildman–Crippen LogP) is 0.637. The highest BCUT2D eigenvalue weighted by molar-refractivity contribution is 5.76. The summed E-state index contributed by atoms with van der Waals surface area (Å²) in [4.78, 5) is 11.5. The normalized spacial score (nSPS) is 14.1. The summed E-state index contributed by atoms with van der Waals surface area (Å²) < 4.78 is 0. The summed E-state index contributed by atoms with van der Waals surface area (Å²) in [6.07, 6.45) is 1.06. The Balaban J connectivity index is 3.92. The van der Waals surface area contributed by atoms with Gasteiger partial charge >= 0.3 is 0 Å². The van der Waals surface area contributed by atoms with Crippen LogP contribution in [0.2, 0.25) is 0 Å². The minimum atomic E-state index is -0.316. The molecule has 0 aromatic rings. The van der Waals surface area contributed by atoms with Gasteiger partial charge in [0, 0.05) is 12.0 Å². The van der Waals surface area contributed by atoms with Crippen LogP contribution in [-0.4, -0.2) is 29.2 Å². The van der Waals surface area contributed by atoms with Crippen LogP contribution in [0.1, 0.15) is 40.5 Å². The first-order valence-corrected chi connectivity index (χ1v) is 5.45. The third-order valence-electron chi connectivity index (χ3n) is 2.34. The Morgan fingerprint density at radius 1 is 1.47 bits per heavy atom. The van der Waals surface area contributed by atoms with Crippen LogP contribution in [0.15, 0.2) is 0 Å². The largest absolute Gasteiger partial charge is 0.394 e. The van der Waals surface area contributed by atoms with Crippen LogP contribution in [0.5, 0.6) is 0 Å². The van der Waals surface area contributed by atoms with Crippen molar-refractivity contribution in [1.82, 2.24) is 5.32 Å². The Kier molecular flexibility index (Phi) is 5.83. The first-order chi connectivity index (χ1) is 6.76. The van der Waals surface area contributed by atoms with Crippen molar-refractivity contribution < 1.29 is 9.90 Å². The Morgan fingerprint density at radius 3 is 2.33 bits per heavy atom. The van der Waals surface area contributed by atoms with Crippen LogP contribution >= 0.6 is 0 Å². The number of nitrogens with two attached hydrogens (primary N) is 1. The number of aliphatic hydroxyl groups is 1. The molecule has 0 heterocycles. The fraction of sp³-hybridized carbons (Fsp3) is 0.909. The minimum Gasteiger partial charge on any atom is -0.394 e. The standard InChI is InChI=1S/C11H24N2O2/c1-8(2)9(7-14)13-10(15)5-6-11(3,4)12/h8-9,14H,5-7,12H2,1-4H3,(H,13,15)/t9-/m1/s1. The van der Waals surface area contributed by atoms with E-state index in [1.165, 1.54) is 0 Å². The van der Waals surface area contributed by atoms with Gasteiger partial charge in [-0.2, -0.15) is 0 Å². The van der Waals surface area contributed by atoms with E-state index in [9.17, 15) is 4.79 Å². The van der Waals surface area contributed by atoms with Crippen molar-refractivity contribution in [3.63, 3.8) is 0 Å². The SMILES string of the molecule is CC(C)[C@@H](CO)NC(=O)CCC(C)(C)N. The van der Waals surface area contributed by atoms with E-state index in [0.717, 1.165) is 0 Å². The summed E-state index contributed by atoms with van der Waals surface area (Å²) >= 11 is 0. The third kappa shape index (κ3) is 7.33.